The Morgan fingerprint density at radius 1 is 1.28 bits per heavy atom. The molecule has 0 aromatic heterocycles. The van der Waals surface area contributed by atoms with E-state index in [0.29, 0.717) is 12.1 Å². The number of piperidine rings is 1. The Morgan fingerprint density at radius 2 is 1.94 bits per heavy atom. The highest BCUT2D eigenvalue weighted by Crippen LogP contribution is 2.25. The van der Waals surface area contributed by atoms with Gasteiger partial charge in [0.25, 0.3) is 0 Å². The van der Waals surface area contributed by atoms with Gasteiger partial charge in [-0.3, -0.25) is 0 Å². The van der Waals surface area contributed by atoms with Crippen molar-refractivity contribution in [1.82, 2.24) is 10.2 Å². The van der Waals surface area contributed by atoms with Crippen LogP contribution < -0.4 is 10.1 Å². The van der Waals surface area contributed by atoms with Crippen LogP contribution in [0.25, 0.3) is 0 Å². The van der Waals surface area contributed by atoms with E-state index >= 15 is 0 Å². The minimum atomic E-state index is 0.342. The largest absolute Gasteiger partial charge is 0.496 e. The molecule has 3 heteroatoms. The summed E-state index contributed by atoms with van der Waals surface area (Å²) in [6.45, 7) is 4.60. The molecule has 2 rings (SSSR count). The molecule has 0 spiro atoms. The zero-order chi connectivity index (χ0) is 13.0. The van der Waals surface area contributed by atoms with Gasteiger partial charge in [-0.25, -0.2) is 0 Å². The molecule has 1 aliphatic heterocycles. The van der Waals surface area contributed by atoms with Crippen LogP contribution >= 0.6 is 0 Å². The normalized spacial score (nSPS) is 19.7. The van der Waals surface area contributed by atoms with Crippen LogP contribution in [-0.4, -0.2) is 38.2 Å². The molecule has 1 atom stereocenters. The van der Waals surface area contributed by atoms with Gasteiger partial charge < -0.3 is 15.0 Å². The number of para-hydroxylation sites is 1. The number of rotatable bonds is 4. The summed E-state index contributed by atoms with van der Waals surface area (Å²) in [4.78, 5) is 2.39. The number of hydrogen-bond donors (Lipinski definition) is 1. The average Bonchev–Trinajstić information content (AvgIpc) is 2.41. The van der Waals surface area contributed by atoms with Crippen LogP contribution in [0.2, 0.25) is 0 Å². The highest BCUT2D eigenvalue weighted by atomic mass is 16.5. The first-order chi connectivity index (χ1) is 8.70. The Kier molecular flexibility index (Phi) is 4.61. The van der Waals surface area contributed by atoms with Crippen molar-refractivity contribution in [2.45, 2.75) is 31.8 Å². The molecule has 1 aromatic rings. The Morgan fingerprint density at radius 3 is 2.61 bits per heavy atom. The van der Waals surface area contributed by atoms with Gasteiger partial charge in [-0.05, 0) is 46.0 Å². The molecule has 0 amide bonds. The summed E-state index contributed by atoms with van der Waals surface area (Å²) in [5.74, 6) is 0.977. The van der Waals surface area contributed by atoms with Gasteiger partial charge in [0.15, 0.2) is 0 Å². The number of likely N-dealkylation sites (tertiary alicyclic amines) is 1. The van der Waals surface area contributed by atoms with Gasteiger partial charge in [0.1, 0.15) is 5.75 Å². The van der Waals surface area contributed by atoms with Gasteiger partial charge in [-0.2, -0.15) is 0 Å². The maximum Gasteiger partial charge on any atom is 0.123 e. The summed E-state index contributed by atoms with van der Waals surface area (Å²) in [6, 6.07) is 9.23. The Hall–Kier alpha value is -1.06. The van der Waals surface area contributed by atoms with Crippen molar-refractivity contribution in [3.05, 3.63) is 29.8 Å². The lowest BCUT2D eigenvalue weighted by molar-refractivity contribution is 0.226. The lowest BCUT2D eigenvalue weighted by Gasteiger charge is -2.32. The summed E-state index contributed by atoms with van der Waals surface area (Å²) in [5, 5.41) is 3.72. The molecule has 0 radical (unpaired) electrons. The first-order valence-electron chi connectivity index (χ1n) is 6.78. The first kappa shape index (κ1) is 13.4. The molecule has 100 valence electrons. The SMILES string of the molecule is COc1ccccc1[C@H](C)NC1CCN(C)CC1. The van der Waals surface area contributed by atoms with Crippen molar-refractivity contribution in [3.63, 3.8) is 0 Å². The van der Waals surface area contributed by atoms with E-state index in [1.165, 1.54) is 31.5 Å². The third-order valence-corrected chi connectivity index (χ3v) is 3.81. The maximum absolute atomic E-state index is 5.42. The van der Waals surface area contributed by atoms with Gasteiger partial charge in [0.05, 0.1) is 7.11 Å². The van der Waals surface area contributed by atoms with E-state index in [4.69, 9.17) is 4.74 Å². The molecule has 3 nitrogen and oxygen atoms in total. The number of nitrogens with zero attached hydrogens (tertiary/aromatic N) is 1. The van der Waals surface area contributed by atoms with Crippen molar-refractivity contribution in [2.24, 2.45) is 0 Å². The van der Waals surface area contributed by atoms with E-state index in [0.717, 1.165) is 5.75 Å². The molecule has 18 heavy (non-hydrogen) atoms. The molecular formula is C15H24N2O. The molecule has 0 aliphatic carbocycles. The number of nitrogens with one attached hydrogen (secondary N) is 1. The van der Waals surface area contributed by atoms with Crippen LogP contribution in [0.4, 0.5) is 0 Å². The third-order valence-electron chi connectivity index (χ3n) is 3.81. The highest BCUT2D eigenvalue weighted by molar-refractivity contribution is 5.35. The number of ether oxygens (including phenoxy) is 1. The fraction of sp³-hybridized carbons (Fsp3) is 0.600. The van der Waals surface area contributed by atoms with Gasteiger partial charge in [-0.15, -0.1) is 0 Å². The zero-order valence-corrected chi connectivity index (χ0v) is 11.6. The summed E-state index contributed by atoms with van der Waals surface area (Å²) in [7, 11) is 3.93. The van der Waals surface area contributed by atoms with Crippen molar-refractivity contribution in [1.29, 1.82) is 0 Å². The van der Waals surface area contributed by atoms with Crippen molar-refractivity contribution in [2.75, 3.05) is 27.2 Å². The van der Waals surface area contributed by atoms with Gasteiger partial charge in [0.2, 0.25) is 0 Å². The van der Waals surface area contributed by atoms with Crippen molar-refractivity contribution in [3.8, 4) is 5.75 Å². The van der Waals surface area contributed by atoms with Crippen molar-refractivity contribution >= 4 is 0 Å². The Labute approximate surface area is 110 Å². The van der Waals surface area contributed by atoms with E-state index < -0.39 is 0 Å². The van der Waals surface area contributed by atoms with Gasteiger partial charge in [-0.1, -0.05) is 18.2 Å². The van der Waals surface area contributed by atoms with E-state index in [1.54, 1.807) is 7.11 Å². The second kappa shape index (κ2) is 6.21. The predicted molar refractivity (Wildman–Crippen MR) is 75.1 cm³/mol. The first-order valence-corrected chi connectivity index (χ1v) is 6.78. The molecular weight excluding hydrogens is 224 g/mol. The van der Waals surface area contributed by atoms with Crippen LogP contribution in [0.3, 0.4) is 0 Å². The topological polar surface area (TPSA) is 24.5 Å². The quantitative estimate of drug-likeness (QED) is 0.885. The molecule has 0 saturated carbocycles. The molecule has 1 aromatic carbocycles. The second-order valence-electron chi connectivity index (χ2n) is 5.21. The number of hydrogen-bond acceptors (Lipinski definition) is 3. The van der Waals surface area contributed by atoms with E-state index in [9.17, 15) is 0 Å². The van der Waals surface area contributed by atoms with Gasteiger partial charge in [0, 0.05) is 17.6 Å². The zero-order valence-electron chi connectivity index (χ0n) is 11.6. The average molecular weight is 248 g/mol. The van der Waals surface area contributed by atoms with Gasteiger partial charge >= 0.3 is 0 Å². The van der Waals surface area contributed by atoms with Crippen LogP contribution in [0.1, 0.15) is 31.4 Å². The number of benzene rings is 1. The summed E-state index contributed by atoms with van der Waals surface area (Å²) in [5.41, 5.74) is 1.25. The number of methoxy groups -OCH3 is 1. The van der Waals surface area contributed by atoms with E-state index in [-0.39, 0.29) is 0 Å². The summed E-state index contributed by atoms with van der Waals surface area (Å²) < 4.78 is 5.42. The Bertz CT molecular complexity index is 373. The van der Waals surface area contributed by atoms with Crippen molar-refractivity contribution < 1.29 is 4.74 Å². The fourth-order valence-electron chi connectivity index (χ4n) is 2.64. The monoisotopic (exact) mass is 248 g/mol. The molecule has 1 aliphatic rings. The fourth-order valence-corrected chi connectivity index (χ4v) is 2.64. The molecule has 0 bridgehead atoms. The molecule has 0 unspecified atom stereocenters. The van der Waals surface area contributed by atoms with Crippen LogP contribution in [0.5, 0.6) is 5.75 Å². The van der Waals surface area contributed by atoms with Crippen LogP contribution in [0.15, 0.2) is 24.3 Å². The minimum Gasteiger partial charge on any atom is -0.496 e. The predicted octanol–water partition coefficient (Wildman–Crippen LogP) is 2.44. The molecule has 1 fully saturated rings. The molecule has 1 N–H and O–H groups in total. The van der Waals surface area contributed by atoms with E-state index in [1.807, 2.05) is 12.1 Å². The maximum atomic E-state index is 5.42. The lowest BCUT2D eigenvalue weighted by Crippen LogP contribution is -2.41. The third kappa shape index (κ3) is 3.24. The smallest absolute Gasteiger partial charge is 0.123 e. The molecule has 1 heterocycles. The second-order valence-corrected chi connectivity index (χ2v) is 5.21. The minimum absolute atomic E-state index is 0.342. The summed E-state index contributed by atoms with van der Waals surface area (Å²) in [6.07, 6.45) is 2.46. The van der Waals surface area contributed by atoms with Crippen LogP contribution in [0, 0.1) is 0 Å². The standard InChI is InChI=1S/C15H24N2O/c1-12(14-6-4-5-7-15(14)18-3)16-13-8-10-17(2)11-9-13/h4-7,12-13,16H,8-11H2,1-3H3/t12-/m0/s1. The van der Waals surface area contributed by atoms with E-state index in [2.05, 4.69) is 36.3 Å². The highest BCUT2D eigenvalue weighted by Gasteiger charge is 2.19. The Balaban J connectivity index is 1.96. The van der Waals surface area contributed by atoms with Crippen LogP contribution in [-0.2, 0) is 0 Å². The summed E-state index contributed by atoms with van der Waals surface area (Å²) >= 11 is 0. The lowest BCUT2D eigenvalue weighted by atomic mass is 10.0. The molecule has 1 saturated heterocycles.